The second-order valence-electron chi connectivity index (χ2n) is 4.78. The number of benzene rings is 1. The Labute approximate surface area is 108 Å². The van der Waals surface area contributed by atoms with Crippen LogP contribution in [0.4, 0.5) is 5.69 Å². The Hall–Kier alpha value is -1.39. The van der Waals surface area contributed by atoms with Crippen LogP contribution in [0.25, 0.3) is 0 Å². The van der Waals surface area contributed by atoms with E-state index in [0.29, 0.717) is 13.2 Å². The van der Waals surface area contributed by atoms with Crippen LogP contribution in [0.1, 0.15) is 29.2 Å². The second kappa shape index (κ2) is 5.08. The predicted molar refractivity (Wildman–Crippen MR) is 71.7 cm³/mol. The Balaban J connectivity index is 2.35. The fourth-order valence-corrected chi connectivity index (χ4v) is 2.56. The van der Waals surface area contributed by atoms with Gasteiger partial charge in [0, 0.05) is 25.8 Å². The third-order valence-electron chi connectivity index (χ3n) is 3.48. The topological polar surface area (TPSA) is 55.6 Å². The molecule has 1 aromatic rings. The standard InChI is InChI=1S/C14H20N2O2/c1-9-5-6-10(2)13-11(9)12(15)14(17)16(13)7-4-8-18-3/h5-6,12H,4,7-8,15H2,1-3H3. The summed E-state index contributed by atoms with van der Waals surface area (Å²) in [5.74, 6) is -0.00139. The summed E-state index contributed by atoms with van der Waals surface area (Å²) >= 11 is 0. The third kappa shape index (κ3) is 2.02. The Morgan fingerprint density at radius 1 is 1.33 bits per heavy atom. The summed E-state index contributed by atoms with van der Waals surface area (Å²) in [6.45, 7) is 5.34. The van der Waals surface area contributed by atoms with E-state index in [0.717, 1.165) is 28.8 Å². The number of rotatable bonds is 4. The van der Waals surface area contributed by atoms with Crippen LogP contribution in [-0.2, 0) is 9.53 Å². The first kappa shape index (κ1) is 13.1. The molecule has 0 aromatic heterocycles. The van der Waals surface area contributed by atoms with Crippen LogP contribution in [0, 0.1) is 13.8 Å². The van der Waals surface area contributed by atoms with Crippen LogP contribution in [-0.4, -0.2) is 26.2 Å². The van der Waals surface area contributed by atoms with Crippen molar-refractivity contribution in [3.8, 4) is 0 Å². The van der Waals surface area contributed by atoms with Crippen molar-refractivity contribution in [3.63, 3.8) is 0 Å². The van der Waals surface area contributed by atoms with Gasteiger partial charge in [0.05, 0.1) is 5.69 Å². The van der Waals surface area contributed by atoms with Crippen molar-refractivity contribution in [3.05, 3.63) is 28.8 Å². The Morgan fingerprint density at radius 2 is 2.00 bits per heavy atom. The zero-order valence-electron chi connectivity index (χ0n) is 11.2. The number of ether oxygens (including phenoxy) is 1. The van der Waals surface area contributed by atoms with Gasteiger partial charge >= 0.3 is 0 Å². The fraction of sp³-hybridized carbons (Fsp3) is 0.500. The summed E-state index contributed by atoms with van der Waals surface area (Å²) in [7, 11) is 1.67. The summed E-state index contributed by atoms with van der Waals surface area (Å²) in [4.78, 5) is 14.0. The molecule has 1 aromatic carbocycles. The molecule has 98 valence electrons. The van der Waals surface area contributed by atoms with E-state index in [2.05, 4.69) is 0 Å². The molecule has 2 rings (SSSR count). The summed E-state index contributed by atoms with van der Waals surface area (Å²) in [5.41, 5.74) is 10.2. The van der Waals surface area contributed by atoms with Crippen molar-refractivity contribution in [2.45, 2.75) is 26.3 Å². The van der Waals surface area contributed by atoms with Crippen LogP contribution >= 0.6 is 0 Å². The molecule has 0 spiro atoms. The number of anilines is 1. The maximum Gasteiger partial charge on any atom is 0.248 e. The largest absolute Gasteiger partial charge is 0.385 e. The quantitative estimate of drug-likeness (QED) is 0.825. The lowest BCUT2D eigenvalue weighted by atomic mass is 10.00. The number of aryl methyl sites for hydroxylation is 2. The Kier molecular flexibility index (Phi) is 3.68. The summed E-state index contributed by atoms with van der Waals surface area (Å²) in [5, 5.41) is 0. The molecular weight excluding hydrogens is 228 g/mol. The van der Waals surface area contributed by atoms with Gasteiger partial charge in [-0.15, -0.1) is 0 Å². The van der Waals surface area contributed by atoms with Gasteiger partial charge in [-0.05, 0) is 31.4 Å². The van der Waals surface area contributed by atoms with Gasteiger partial charge in [0.25, 0.3) is 0 Å². The highest BCUT2D eigenvalue weighted by molar-refractivity contribution is 6.05. The molecule has 1 amide bonds. The molecule has 0 bridgehead atoms. The monoisotopic (exact) mass is 248 g/mol. The van der Waals surface area contributed by atoms with E-state index in [9.17, 15) is 4.79 Å². The van der Waals surface area contributed by atoms with E-state index in [1.165, 1.54) is 0 Å². The molecule has 4 nitrogen and oxygen atoms in total. The lowest BCUT2D eigenvalue weighted by Crippen LogP contribution is -2.33. The lowest BCUT2D eigenvalue weighted by molar-refractivity contribution is -0.119. The molecule has 18 heavy (non-hydrogen) atoms. The van der Waals surface area contributed by atoms with Gasteiger partial charge in [0.1, 0.15) is 6.04 Å². The van der Waals surface area contributed by atoms with Crippen molar-refractivity contribution in [1.82, 2.24) is 0 Å². The first-order valence-electron chi connectivity index (χ1n) is 6.24. The fourth-order valence-electron chi connectivity index (χ4n) is 2.56. The molecule has 0 aliphatic carbocycles. The smallest absolute Gasteiger partial charge is 0.248 e. The highest BCUT2D eigenvalue weighted by Gasteiger charge is 2.36. The maximum absolute atomic E-state index is 12.2. The van der Waals surface area contributed by atoms with Crippen molar-refractivity contribution in [2.24, 2.45) is 5.73 Å². The summed E-state index contributed by atoms with van der Waals surface area (Å²) in [6, 6.07) is 3.56. The highest BCUT2D eigenvalue weighted by atomic mass is 16.5. The number of hydrogen-bond acceptors (Lipinski definition) is 3. The lowest BCUT2D eigenvalue weighted by Gasteiger charge is -2.19. The first-order valence-corrected chi connectivity index (χ1v) is 6.24. The molecule has 0 radical (unpaired) electrons. The molecular formula is C14H20N2O2. The molecule has 1 aliphatic heterocycles. The van der Waals surface area contributed by atoms with Crippen molar-refractivity contribution < 1.29 is 9.53 Å². The van der Waals surface area contributed by atoms with Gasteiger partial charge in [0.15, 0.2) is 0 Å². The minimum absolute atomic E-state index is 0.00139. The Morgan fingerprint density at radius 3 is 2.67 bits per heavy atom. The van der Waals surface area contributed by atoms with Crippen LogP contribution in [0.3, 0.4) is 0 Å². The number of nitrogens with zero attached hydrogens (tertiary/aromatic N) is 1. The normalized spacial score (nSPS) is 18.3. The van der Waals surface area contributed by atoms with Gasteiger partial charge in [-0.3, -0.25) is 4.79 Å². The number of nitrogens with two attached hydrogens (primary N) is 1. The maximum atomic E-state index is 12.2. The minimum atomic E-state index is -0.512. The SMILES string of the molecule is COCCCN1C(=O)C(N)c2c(C)ccc(C)c21. The minimum Gasteiger partial charge on any atom is -0.385 e. The second-order valence-corrected chi connectivity index (χ2v) is 4.78. The molecule has 2 N–H and O–H groups in total. The van der Waals surface area contributed by atoms with Crippen molar-refractivity contribution >= 4 is 11.6 Å². The number of carbonyl (C=O) groups excluding carboxylic acids is 1. The number of carbonyl (C=O) groups is 1. The van der Waals surface area contributed by atoms with Crippen LogP contribution < -0.4 is 10.6 Å². The van der Waals surface area contributed by atoms with Crippen molar-refractivity contribution in [2.75, 3.05) is 25.2 Å². The molecule has 0 fully saturated rings. The van der Waals surface area contributed by atoms with Crippen molar-refractivity contribution in [1.29, 1.82) is 0 Å². The highest BCUT2D eigenvalue weighted by Crippen LogP contribution is 2.39. The summed E-state index contributed by atoms with van der Waals surface area (Å²) < 4.78 is 5.04. The average molecular weight is 248 g/mol. The van der Waals surface area contributed by atoms with E-state index >= 15 is 0 Å². The van der Waals surface area contributed by atoms with Crippen LogP contribution in [0.15, 0.2) is 12.1 Å². The number of hydrogen-bond donors (Lipinski definition) is 1. The van der Waals surface area contributed by atoms with Crippen LogP contribution in [0.5, 0.6) is 0 Å². The molecule has 1 aliphatic rings. The summed E-state index contributed by atoms with van der Waals surface area (Å²) in [6.07, 6.45) is 0.821. The molecule has 1 atom stereocenters. The number of methoxy groups -OCH3 is 1. The predicted octanol–water partition coefficient (Wildman–Crippen LogP) is 1.69. The molecule has 1 heterocycles. The number of fused-ring (bicyclic) bond motifs is 1. The van der Waals surface area contributed by atoms with Gasteiger partial charge in [-0.1, -0.05) is 12.1 Å². The van der Waals surface area contributed by atoms with Crippen LogP contribution in [0.2, 0.25) is 0 Å². The molecule has 4 heteroatoms. The van der Waals surface area contributed by atoms with Gasteiger partial charge < -0.3 is 15.4 Å². The van der Waals surface area contributed by atoms with E-state index in [-0.39, 0.29) is 5.91 Å². The zero-order valence-corrected chi connectivity index (χ0v) is 11.2. The molecule has 0 saturated carbocycles. The van der Waals surface area contributed by atoms with E-state index in [1.54, 1.807) is 12.0 Å². The number of amides is 1. The zero-order chi connectivity index (χ0) is 13.3. The van der Waals surface area contributed by atoms with Gasteiger partial charge in [-0.25, -0.2) is 0 Å². The Bertz CT molecular complexity index is 471. The molecule has 0 saturated heterocycles. The first-order chi connectivity index (χ1) is 8.57. The van der Waals surface area contributed by atoms with E-state index in [1.807, 2.05) is 26.0 Å². The van der Waals surface area contributed by atoms with Gasteiger partial charge in [0.2, 0.25) is 5.91 Å². The average Bonchev–Trinajstić information content (AvgIpc) is 2.60. The van der Waals surface area contributed by atoms with Gasteiger partial charge in [-0.2, -0.15) is 0 Å². The third-order valence-corrected chi connectivity index (χ3v) is 3.48. The van der Waals surface area contributed by atoms with E-state index < -0.39 is 6.04 Å². The molecule has 1 unspecified atom stereocenters. The van der Waals surface area contributed by atoms with E-state index in [4.69, 9.17) is 10.5 Å².